The van der Waals surface area contributed by atoms with Crippen molar-refractivity contribution < 1.29 is 27.5 Å². The predicted molar refractivity (Wildman–Crippen MR) is 113 cm³/mol. The Bertz CT molecular complexity index is 1050. The van der Waals surface area contributed by atoms with Crippen molar-refractivity contribution in [1.29, 1.82) is 0 Å². The van der Waals surface area contributed by atoms with Crippen molar-refractivity contribution in [3.63, 3.8) is 0 Å². The lowest BCUT2D eigenvalue weighted by molar-refractivity contribution is -0.119. The van der Waals surface area contributed by atoms with E-state index in [0.717, 1.165) is 17.2 Å². The SMILES string of the molecule is COc1ccc(C(=O)OCC(=O)Nc2ccc(C)c(C)c2)cc1S(=O)(=O)NC(C)C. The van der Waals surface area contributed by atoms with Gasteiger partial charge in [0, 0.05) is 11.7 Å². The average Bonchev–Trinajstić information content (AvgIpc) is 2.67. The first kappa shape index (κ1) is 23.4. The number of anilines is 1. The highest BCUT2D eigenvalue weighted by molar-refractivity contribution is 7.89. The Labute approximate surface area is 176 Å². The number of methoxy groups -OCH3 is 1. The summed E-state index contributed by atoms with van der Waals surface area (Å²) < 4.78 is 37.6. The van der Waals surface area contributed by atoms with Gasteiger partial charge in [-0.05, 0) is 69.2 Å². The standard InChI is InChI=1S/C21H26N2O6S/c1-13(2)23-30(26,27)19-11-16(7-9-18(19)28-5)21(25)29-12-20(24)22-17-8-6-14(3)15(4)10-17/h6-11,13,23H,12H2,1-5H3,(H,22,24). The van der Waals surface area contributed by atoms with Gasteiger partial charge in [-0.15, -0.1) is 0 Å². The molecule has 30 heavy (non-hydrogen) atoms. The second-order valence-electron chi connectivity index (χ2n) is 7.06. The molecule has 0 saturated heterocycles. The second kappa shape index (κ2) is 9.73. The molecule has 0 atom stereocenters. The molecule has 1 amide bonds. The normalized spacial score (nSPS) is 11.3. The van der Waals surface area contributed by atoms with Gasteiger partial charge in [-0.25, -0.2) is 17.9 Å². The molecular weight excluding hydrogens is 408 g/mol. The van der Waals surface area contributed by atoms with E-state index < -0.39 is 28.5 Å². The van der Waals surface area contributed by atoms with Gasteiger partial charge in [0.2, 0.25) is 10.0 Å². The summed E-state index contributed by atoms with van der Waals surface area (Å²) >= 11 is 0. The average molecular weight is 435 g/mol. The molecule has 0 bridgehead atoms. The molecule has 0 saturated carbocycles. The lowest BCUT2D eigenvalue weighted by Crippen LogP contribution is -2.30. The molecule has 0 aliphatic rings. The smallest absolute Gasteiger partial charge is 0.338 e. The monoisotopic (exact) mass is 434 g/mol. The molecule has 0 fully saturated rings. The maximum absolute atomic E-state index is 12.5. The van der Waals surface area contributed by atoms with Crippen LogP contribution in [0.3, 0.4) is 0 Å². The lowest BCUT2D eigenvalue weighted by Gasteiger charge is -2.14. The summed E-state index contributed by atoms with van der Waals surface area (Å²) in [6.45, 7) is 6.73. The minimum absolute atomic E-state index is 0.0149. The van der Waals surface area contributed by atoms with Gasteiger partial charge in [0.05, 0.1) is 12.7 Å². The van der Waals surface area contributed by atoms with E-state index in [1.165, 1.54) is 19.2 Å². The van der Waals surface area contributed by atoms with E-state index in [9.17, 15) is 18.0 Å². The number of sulfonamides is 1. The minimum atomic E-state index is -3.90. The molecule has 2 rings (SSSR count). The van der Waals surface area contributed by atoms with Gasteiger partial charge >= 0.3 is 5.97 Å². The first-order valence-corrected chi connectivity index (χ1v) is 10.8. The molecule has 2 aromatic rings. The molecule has 8 nitrogen and oxygen atoms in total. The van der Waals surface area contributed by atoms with Crippen LogP contribution < -0.4 is 14.8 Å². The number of rotatable bonds is 8. The molecular formula is C21H26N2O6S. The Hall–Kier alpha value is -2.91. The van der Waals surface area contributed by atoms with Gasteiger partial charge in [0.1, 0.15) is 10.6 Å². The summed E-state index contributed by atoms with van der Waals surface area (Å²) in [5.41, 5.74) is 2.69. The number of nitrogens with one attached hydrogen (secondary N) is 2. The van der Waals surface area contributed by atoms with Crippen molar-refractivity contribution in [1.82, 2.24) is 4.72 Å². The second-order valence-corrected chi connectivity index (χ2v) is 8.75. The van der Waals surface area contributed by atoms with Crippen LogP contribution in [0.5, 0.6) is 5.75 Å². The molecule has 2 aromatic carbocycles. The predicted octanol–water partition coefficient (Wildman–Crippen LogP) is 2.79. The van der Waals surface area contributed by atoms with E-state index in [1.807, 2.05) is 26.0 Å². The zero-order chi connectivity index (χ0) is 22.5. The summed E-state index contributed by atoms with van der Waals surface area (Å²) in [6.07, 6.45) is 0. The molecule has 0 aliphatic heterocycles. The zero-order valence-electron chi connectivity index (χ0n) is 17.6. The molecule has 162 valence electrons. The maximum atomic E-state index is 12.5. The number of esters is 1. The number of ether oxygens (including phenoxy) is 2. The Morgan fingerprint density at radius 2 is 1.73 bits per heavy atom. The first-order chi connectivity index (χ1) is 14.0. The highest BCUT2D eigenvalue weighted by Gasteiger charge is 2.23. The third-order valence-corrected chi connectivity index (χ3v) is 5.88. The third kappa shape index (κ3) is 6.04. The van der Waals surface area contributed by atoms with Gasteiger partial charge < -0.3 is 14.8 Å². The summed E-state index contributed by atoms with van der Waals surface area (Å²) in [5, 5.41) is 2.65. The minimum Gasteiger partial charge on any atom is -0.495 e. The molecule has 9 heteroatoms. The van der Waals surface area contributed by atoms with Crippen LogP contribution >= 0.6 is 0 Å². The number of hydrogen-bond donors (Lipinski definition) is 2. The lowest BCUT2D eigenvalue weighted by atomic mass is 10.1. The van der Waals surface area contributed by atoms with Crippen LogP contribution in [0.2, 0.25) is 0 Å². The number of benzene rings is 2. The third-order valence-electron chi connectivity index (χ3n) is 4.20. The van der Waals surface area contributed by atoms with Gasteiger partial charge in [-0.3, -0.25) is 4.79 Å². The molecule has 0 aliphatic carbocycles. The molecule has 2 N–H and O–H groups in total. The van der Waals surface area contributed by atoms with Gasteiger partial charge in [-0.2, -0.15) is 0 Å². The highest BCUT2D eigenvalue weighted by atomic mass is 32.2. The summed E-state index contributed by atoms with van der Waals surface area (Å²) in [5.74, 6) is -1.24. The first-order valence-electron chi connectivity index (χ1n) is 9.28. The maximum Gasteiger partial charge on any atom is 0.338 e. The molecule has 0 heterocycles. The Kier molecular flexibility index (Phi) is 7.58. The Morgan fingerprint density at radius 3 is 2.33 bits per heavy atom. The fourth-order valence-electron chi connectivity index (χ4n) is 2.62. The van der Waals surface area contributed by atoms with Gasteiger partial charge in [0.25, 0.3) is 5.91 Å². The molecule has 0 unspecified atom stereocenters. The van der Waals surface area contributed by atoms with E-state index >= 15 is 0 Å². The van der Waals surface area contributed by atoms with Crippen molar-refractivity contribution in [2.45, 2.75) is 38.6 Å². The van der Waals surface area contributed by atoms with Crippen LogP contribution in [0.4, 0.5) is 5.69 Å². The molecule has 0 spiro atoms. The topological polar surface area (TPSA) is 111 Å². The van der Waals surface area contributed by atoms with E-state index in [1.54, 1.807) is 19.9 Å². The number of hydrogen-bond acceptors (Lipinski definition) is 6. The van der Waals surface area contributed by atoms with Crippen LogP contribution in [0.25, 0.3) is 0 Å². The fraction of sp³-hybridized carbons (Fsp3) is 0.333. The van der Waals surface area contributed by atoms with Crippen molar-refractivity contribution in [3.05, 3.63) is 53.1 Å². The Morgan fingerprint density at radius 1 is 1.03 bits per heavy atom. The van der Waals surface area contributed by atoms with Crippen LogP contribution in [0.1, 0.15) is 35.3 Å². The summed E-state index contributed by atoms with van der Waals surface area (Å²) in [4.78, 5) is 24.2. The molecule has 0 aromatic heterocycles. The highest BCUT2D eigenvalue weighted by Crippen LogP contribution is 2.25. The van der Waals surface area contributed by atoms with Crippen LogP contribution in [-0.2, 0) is 19.6 Å². The Balaban J connectivity index is 2.10. The van der Waals surface area contributed by atoms with Crippen LogP contribution in [0, 0.1) is 13.8 Å². The number of amides is 1. The summed E-state index contributed by atoms with van der Waals surface area (Å²) in [6, 6.07) is 9.00. The zero-order valence-corrected chi connectivity index (χ0v) is 18.4. The van der Waals surface area contributed by atoms with Crippen molar-refractivity contribution in [2.75, 3.05) is 19.0 Å². The quantitative estimate of drug-likeness (QED) is 0.618. The largest absolute Gasteiger partial charge is 0.495 e. The van der Waals surface area contributed by atoms with E-state index in [-0.39, 0.29) is 22.3 Å². The fourth-order valence-corrected chi connectivity index (χ4v) is 4.06. The van der Waals surface area contributed by atoms with E-state index in [2.05, 4.69) is 10.0 Å². The number of carbonyl (C=O) groups excluding carboxylic acids is 2. The van der Waals surface area contributed by atoms with Crippen LogP contribution in [-0.4, -0.2) is 40.1 Å². The molecule has 0 radical (unpaired) electrons. The van der Waals surface area contributed by atoms with Crippen molar-refractivity contribution in [3.8, 4) is 5.75 Å². The van der Waals surface area contributed by atoms with E-state index in [4.69, 9.17) is 9.47 Å². The van der Waals surface area contributed by atoms with Gasteiger partial charge in [-0.1, -0.05) is 6.07 Å². The van der Waals surface area contributed by atoms with Crippen molar-refractivity contribution >= 4 is 27.6 Å². The van der Waals surface area contributed by atoms with E-state index in [0.29, 0.717) is 5.69 Å². The van der Waals surface area contributed by atoms with Crippen molar-refractivity contribution in [2.24, 2.45) is 0 Å². The van der Waals surface area contributed by atoms with Gasteiger partial charge in [0.15, 0.2) is 6.61 Å². The van der Waals surface area contributed by atoms with Crippen LogP contribution in [0.15, 0.2) is 41.3 Å². The number of aryl methyl sites for hydroxylation is 2. The number of carbonyl (C=O) groups is 2. The summed E-state index contributed by atoms with van der Waals surface area (Å²) in [7, 11) is -2.57.